The van der Waals surface area contributed by atoms with Crippen LogP contribution in [0.5, 0.6) is 0 Å². The standard InChI is InChI=1S/C11H9F3N4/c12-7-2-1-6(9(13)10(7)14)11-17-16-8-5-15-3-4-18(8)11/h1-2,15H,3-5H2. The number of halogens is 3. The summed E-state index contributed by atoms with van der Waals surface area (Å²) >= 11 is 0. The Bertz CT molecular complexity index is 609. The molecule has 18 heavy (non-hydrogen) atoms. The van der Waals surface area contributed by atoms with Crippen molar-refractivity contribution in [2.75, 3.05) is 6.54 Å². The third-order valence-electron chi connectivity index (χ3n) is 2.90. The van der Waals surface area contributed by atoms with E-state index in [2.05, 4.69) is 15.5 Å². The van der Waals surface area contributed by atoms with E-state index in [4.69, 9.17) is 0 Å². The lowest BCUT2D eigenvalue weighted by Crippen LogP contribution is -2.28. The molecule has 0 amide bonds. The zero-order valence-corrected chi connectivity index (χ0v) is 9.25. The first-order valence-electron chi connectivity index (χ1n) is 5.45. The average Bonchev–Trinajstić information content (AvgIpc) is 2.80. The van der Waals surface area contributed by atoms with Gasteiger partial charge in [-0.15, -0.1) is 10.2 Å². The van der Waals surface area contributed by atoms with Crippen molar-refractivity contribution in [3.63, 3.8) is 0 Å². The summed E-state index contributed by atoms with van der Waals surface area (Å²) in [5, 5.41) is 10.8. The second-order valence-electron chi connectivity index (χ2n) is 3.99. The lowest BCUT2D eigenvalue weighted by Gasteiger charge is -2.16. The van der Waals surface area contributed by atoms with Gasteiger partial charge in [0, 0.05) is 13.1 Å². The number of hydrogen-bond donors (Lipinski definition) is 1. The third kappa shape index (κ3) is 1.59. The van der Waals surface area contributed by atoms with Crippen molar-refractivity contribution in [1.29, 1.82) is 0 Å². The molecule has 0 bridgehead atoms. The smallest absolute Gasteiger partial charge is 0.195 e. The molecule has 1 aliphatic heterocycles. The van der Waals surface area contributed by atoms with E-state index in [1.165, 1.54) is 6.07 Å². The first-order valence-corrected chi connectivity index (χ1v) is 5.45. The van der Waals surface area contributed by atoms with Crippen LogP contribution in [0, 0.1) is 17.5 Å². The fourth-order valence-electron chi connectivity index (χ4n) is 1.99. The highest BCUT2D eigenvalue weighted by Crippen LogP contribution is 2.25. The Balaban J connectivity index is 2.16. The maximum Gasteiger partial charge on any atom is 0.195 e. The van der Waals surface area contributed by atoms with Gasteiger partial charge in [0.15, 0.2) is 23.3 Å². The Morgan fingerprint density at radius 1 is 1.11 bits per heavy atom. The molecule has 2 heterocycles. The van der Waals surface area contributed by atoms with E-state index in [1.54, 1.807) is 4.57 Å². The van der Waals surface area contributed by atoms with Gasteiger partial charge in [-0.2, -0.15) is 0 Å². The number of hydrogen-bond acceptors (Lipinski definition) is 3. The summed E-state index contributed by atoms with van der Waals surface area (Å²) < 4.78 is 41.5. The minimum atomic E-state index is -1.49. The lowest BCUT2D eigenvalue weighted by atomic mass is 10.2. The van der Waals surface area contributed by atoms with E-state index in [-0.39, 0.29) is 11.4 Å². The van der Waals surface area contributed by atoms with E-state index < -0.39 is 17.5 Å². The summed E-state index contributed by atoms with van der Waals surface area (Å²) in [5.74, 6) is -3.05. The Labute approximate surface area is 100 Å². The van der Waals surface area contributed by atoms with Gasteiger partial charge >= 0.3 is 0 Å². The predicted molar refractivity (Wildman–Crippen MR) is 57.0 cm³/mol. The van der Waals surface area contributed by atoms with Crippen molar-refractivity contribution in [1.82, 2.24) is 20.1 Å². The quantitative estimate of drug-likeness (QED) is 0.783. The van der Waals surface area contributed by atoms with E-state index in [1.807, 2.05) is 0 Å². The van der Waals surface area contributed by atoms with E-state index >= 15 is 0 Å². The van der Waals surface area contributed by atoms with Crippen molar-refractivity contribution in [3.05, 3.63) is 35.4 Å². The Morgan fingerprint density at radius 3 is 2.78 bits per heavy atom. The number of nitrogens with zero attached hydrogens (tertiary/aromatic N) is 3. The SMILES string of the molecule is Fc1ccc(-c2nnc3n2CCNC3)c(F)c1F. The summed E-state index contributed by atoms with van der Waals surface area (Å²) in [6.07, 6.45) is 0. The van der Waals surface area contributed by atoms with Crippen molar-refractivity contribution in [2.24, 2.45) is 0 Å². The zero-order valence-electron chi connectivity index (χ0n) is 9.25. The summed E-state index contributed by atoms with van der Waals surface area (Å²) in [5.41, 5.74) is -0.0745. The molecule has 2 aromatic rings. The van der Waals surface area contributed by atoms with E-state index in [0.717, 1.165) is 6.07 Å². The van der Waals surface area contributed by atoms with Crippen LogP contribution in [0.3, 0.4) is 0 Å². The monoisotopic (exact) mass is 254 g/mol. The predicted octanol–water partition coefficient (Wildman–Crippen LogP) is 1.47. The van der Waals surface area contributed by atoms with Gasteiger partial charge in [0.1, 0.15) is 5.82 Å². The molecule has 4 nitrogen and oxygen atoms in total. The Kier molecular flexibility index (Phi) is 2.55. The molecular formula is C11H9F3N4. The fourth-order valence-corrected chi connectivity index (χ4v) is 1.99. The zero-order chi connectivity index (χ0) is 12.7. The highest BCUT2D eigenvalue weighted by atomic mass is 19.2. The largest absolute Gasteiger partial charge is 0.309 e. The Morgan fingerprint density at radius 2 is 1.94 bits per heavy atom. The molecule has 1 aliphatic rings. The molecule has 7 heteroatoms. The van der Waals surface area contributed by atoms with Crippen LogP contribution in [-0.2, 0) is 13.1 Å². The van der Waals surface area contributed by atoms with E-state index in [0.29, 0.717) is 25.5 Å². The van der Waals surface area contributed by atoms with Crippen LogP contribution < -0.4 is 5.32 Å². The van der Waals surface area contributed by atoms with Gasteiger partial charge in [-0.05, 0) is 12.1 Å². The number of aromatic nitrogens is 3. The van der Waals surface area contributed by atoms with E-state index in [9.17, 15) is 13.2 Å². The van der Waals surface area contributed by atoms with Gasteiger partial charge in [0.05, 0.1) is 12.1 Å². The molecule has 1 N–H and O–H groups in total. The van der Waals surface area contributed by atoms with Crippen LogP contribution in [0.25, 0.3) is 11.4 Å². The average molecular weight is 254 g/mol. The topological polar surface area (TPSA) is 42.7 Å². The molecule has 1 aromatic heterocycles. The van der Waals surface area contributed by atoms with Crippen LogP contribution in [0.4, 0.5) is 13.2 Å². The third-order valence-corrected chi connectivity index (χ3v) is 2.90. The minimum absolute atomic E-state index is 0.0745. The normalized spacial score (nSPS) is 14.6. The van der Waals surface area contributed by atoms with Crippen LogP contribution >= 0.6 is 0 Å². The maximum absolute atomic E-state index is 13.7. The molecule has 0 spiro atoms. The molecule has 0 unspecified atom stereocenters. The minimum Gasteiger partial charge on any atom is -0.309 e. The van der Waals surface area contributed by atoms with Gasteiger partial charge in [0.25, 0.3) is 0 Å². The molecule has 0 fully saturated rings. The molecule has 0 atom stereocenters. The van der Waals surface area contributed by atoms with Crippen LogP contribution in [0.2, 0.25) is 0 Å². The van der Waals surface area contributed by atoms with Gasteiger partial charge < -0.3 is 9.88 Å². The highest BCUT2D eigenvalue weighted by molar-refractivity contribution is 5.56. The number of rotatable bonds is 1. The molecule has 1 aromatic carbocycles. The second kappa shape index (κ2) is 4.09. The summed E-state index contributed by atoms with van der Waals surface area (Å²) in [7, 11) is 0. The van der Waals surface area contributed by atoms with Gasteiger partial charge in [-0.1, -0.05) is 0 Å². The van der Waals surface area contributed by atoms with Crippen LogP contribution in [0.1, 0.15) is 5.82 Å². The van der Waals surface area contributed by atoms with Crippen LogP contribution in [-0.4, -0.2) is 21.3 Å². The molecule has 94 valence electrons. The molecule has 0 saturated heterocycles. The fraction of sp³-hybridized carbons (Fsp3) is 0.273. The molecule has 0 saturated carbocycles. The lowest BCUT2D eigenvalue weighted by molar-refractivity contribution is 0.447. The van der Waals surface area contributed by atoms with Crippen molar-refractivity contribution < 1.29 is 13.2 Å². The van der Waals surface area contributed by atoms with Gasteiger partial charge in [-0.25, -0.2) is 13.2 Å². The molecule has 0 radical (unpaired) electrons. The molecule has 0 aliphatic carbocycles. The number of benzene rings is 1. The van der Waals surface area contributed by atoms with Crippen LogP contribution in [0.15, 0.2) is 12.1 Å². The molecule has 3 rings (SSSR count). The van der Waals surface area contributed by atoms with Crippen molar-refractivity contribution in [3.8, 4) is 11.4 Å². The van der Waals surface area contributed by atoms with Gasteiger partial charge in [-0.3, -0.25) is 0 Å². The first-order chi connectivity index (χ1) is 8.68. The highest BCUT2D eigenvalue weighted by Gasteiger charge is 2.22. The summed E-state index contributed by atoms with van der Waals surface area (Å²) in [4.78, 5) is 0. The second-order valence-corrected chi connectivity index (χ2v) is 3.99. The van der Waals surface area contributed by atoms with Gasteiger partial charge in [0.2, 0.25) is 0 Å². The molecular weight excluding hydrogens is 245 g/mol. The van der Waals surface area contributed by atoms with Crippen molar-refractivity contribution in [2.45, 2.75) is 13.1 Å². The number of nitrogens with one attached hydrogen (secondary N) is 1. The Hall–Kier alpha value is -1.89. The number of fused-ring (bicyclic) bond motifs is 1. The summed E-state index contributed by atoms with van der Waals surface area (Å²) in [6.45, 7) is 1.79. The van der Waals surface area contributed by atoms with Crippen molar-refractivity contribution >= 4 is 0 Å². The summed E-state index contributed by atoms with van der Waals surface area (Å²) in [6, 6.07) is 2.06. The first kappa shape index (κ1) is 11.2. The maximum atomic E-state index is 13.7.